The van der Waals surface area contributed by atoms with Crippen molar-refractivity contribution in [2.45, 2.75) is 117 Å². The van der Waals surface area contributed by atoms with Crippen LogP contribution in [0.25, 0.3) is 0 Å². The van der Waals surface area contributed by atoms with Gasteiger partial charge in [0.2, 0.25) is 0 Å². The van der Waals surface area contributed by atoms with Gasteiger partial charge >= 0.3 is 49.7 Å². The van der Waals surface area contributed by atoms with Crippen LogP contribution in [0.1, 0.15) is 117 Å². The van der Waals surface area contributed by atoms with Gasteiger partial charge in [-0.2, -0.15) is 0 Å². The fraction of sp³-hybridized carbons (Fsp3) is 0.905. The first-order chi connectivity index (χ1) is 12.0. The van der Waals surface area contributed by atoms with Crippen LogP contribution in [-0.4, -0.2) is 59.9 Å². The Kier molecular flexibility index (Phi) is 20.3. The van der Waals surface area contributed by atoms with Crippen LogP contribution in [0.3, 0.4) is 0 Å². The topological polar surface area (TPSA) is 74.6 Å². The van der Waals surface area contributed by atoms with Crippen molar-refractivity contribution in [1.29, 1.82) is 0 Å². The molecule has 0 bridgehead atoms. The Morgan fingerprint density at radius 3 is 1.15 bits per heavy atom. The van der Waals surface area contributed by atoms with Crippen molar-refractivity contribution in [2.75, 3.05) is 0 Å². The number of aliphatic carboxylic acids is 2. The van der Waals surface area contributed by atoms with Gasteiger partial charge in [-0.25, -0.2) is 0 Å². The number of carboxylic acids is 2. The maximum absolute atomic E-state index is 11.6. The molecule has 0 aliphatic heterocycles. The summed E-state index contributed by atoms with van der Waals surface area (Å²) in [6.07, 6.45) is 15.9. The molecule has 0 radical (unpaired) electrons. The van der Waals surface area contributed by atoms with Gasteiger partial charge in [-0.15, -0.1) is 0 Å². The number of hydrogen-bond donors (Lipinski definition) is 2. The van der Waals surface area contributed by atoms with Gasteiger partial charge in [0.1, 0.15) is 0 Å². The van der Waals surface area contributed by atoms with E-state index in [0.29, 0.717) is 12.8 Å². The molecule has 0 aromatic rings. The monoisotopic (exact) mass is 398 g/mol. The van der Waals surface area contributed by atoms with Crippen molar-refractivity contribution in [3.05, 3.63) is 0 Å². The van der Waals surface area contributed by atoms with E-state index >= 15 is 0 Å². The fourth-order valence-corrected chi connectivity index (χ4v) is 3.41. The minimum absolute atomic E-state index is 0. The molecule has 0 unspecified atom stereocenters. The van der Waals surface area contributed by atoms with Crippen LogP contribution in [0, 0.1) is 5.41 Å². The Morgan fingerprint density at radius 2 is 0.846 bits per heavy atom. The van der Waals surface area contributed by atoms with Crippen LogP contribution >= 0.6 is 0 Å². The number of carbonyl (C=O) groups is 2. The second-order valence-corrected chi connectivity index (χ2v) is 7.44. The zero-order chi connectivity index (χ0) is 19.0. The second-order valence-electron chi connectivity index (χ2n) is 7.44. The third-order valence-corrected chi connectivity index (χ3v) is 5.23. The van der Waals surface area contributed by atoms with Crippen molar-refractivity contribution in [2.24, 2.45) is 5.41 Å². The molecule has 0 amide bonds. The van der Waals surface area contributed by atoms with Crippen molar-refractivity contribution >= 4 is 49.7 Å². The van der Waals surface area contributed by atoms with E-state index in [4.69, 9.17) is 0 Å². The van der Waals surface area contributed by atoms with E-state index in [-0.39, 0.29) is 50.6 Å². The average molecular weight is 399 g/mol. The van der Waals surface area contributed by atoms with Crippen molar-refractivity contribution in [1.82, 2.24) is 0 Å². The van der Waals surface area contributed by atoms with Gasteiger partial charge in [0.05, 0.1) is 0 Å². The van der Waals surface area contributed by atoms with Crippen LogP contribution in [-0.2, 0) is 9.59 Å². The third-order valence-electron chi connectivity index (χ3n) is 5.23. The van der Waals surface area contributed by atoms with Crippen LogP contribution in [0.4, 0.5) is 0 Å². The average Bonchev–Trinajstić information content (AvgIpc) is 2.57. The van der Waals surface area contributed by atoms with Crippen LogP contribution in [0.15, 0.2) is 0 Å². The summed E-state index contributed by atoms with van der Waals surface area (Å²) in [5, 5.41) is 19.0. The Morgan fingerprint density at radius 1 is 0.577 bits per heavy atom. The first-order valence-corrected chi connectivity index (χ1v) is 10.5. The predicted octanol–water partition coefficient (Wildman–Crippen LogP) is 5.51. The predicted molar refractivity (Wildman–Crippen MR) is 111 cm³/mol. The van der Waals surface area contributed by atoms with E-state index < -0.39 is 17.4 Å². The van der Waals surface area contributed by atoms with E-state index in [2.05, 4.69) is 13.8 Å². The van der Waals surface area contributed by atoms with E-state index in [0.717, 1.165) is 32.1 Å². The molecule has 0 fully saturated rings. The molecule has 0 spiro atoms. The van der Waals surface area contributed by atoms with Gasteiger partial charge < -0.3 is 10.2 Å². The van der Waals surface area contributed by atoms with E-state index in [9.17, 15) is 19.8 Å². The molecular formula is C21H42CaO4. The van der Waals surface area contributed by atoms with Gasteiger partial charge in [0, 0.05) is 0 Å². The molecule has 0 heterocycles. The molecule has 0 saturated carbocycles. The second kappa shape index (κ2) is 18.6. The van der Waals surface area contributed by atoms with Gasteiger partial charge in [-0.05, 0) is 12.8 Å². The van der Waals surface area contributed by atoms with Crippen LogP contribution in [0.2, 0.25) is 0 Å². The summed E-state index contributed by atoms with van der Waals surface area (Å²) < 4.78 is 0. The molecular weight excluding hydrogens is 356 g/mol. The minimum atomic E-state index is -1.58. The summed E-state index contributed by atoms with van der Waals surface area (Å²) in [5.74, 6) is -2.32. The molecule has 0 aromatic heterocycles. The fourth-order valence-electron chi connectivity index (χ4n) is 3.41. The summed E-state index contributed by atoms with van der Waals surface area (Å²) >= 11 is 0. The Bertz CT molecular complexity index is 344. The van der Waals surface area contributed by atoms with Crippen LogP contribution < -0.4 is 0 Å². The Balaban J connectivity index is 0. The molecule has 0 aromatic carbocycles. The molecule has 0 rings (SSSR count). The summed E-state index contributed by atoms with van der Waals surface area (Å²) in [6, 6.07) is 0. The van der Waals surface area contributed by atoms with E-state index in [1.807, 2.05) is 0 Å². The molecule has 152 valence electrons. The van der Waals surface area contributed by atoms with Crippen molar-refractivity contribution in [3.63, 3.8) is 0 Å². The number of rotatable bonds is 18. The van der Waals surface area contributed by atoms with Crippen molar-refractivity contribution < 1.29 is 19.8 Å². The van der Waals surface area contributed by atoms with Gasteiger partial charge in [-0.3, -0.25) is 9.59 Å². The molecule has 4 nitrogen and oxygen atoms in total. The SMILES string of the molecule is CCCCCCCCCCCCC(CCCCCC)(C(=O)O)C(=O)O.[CaH2]. The first kappa shape index (κ1) is 28.4. The number of hydrogen-bond acceptors (Lipinski definition) is 2. The maximum atomic E-state index is 11.6. The molecule has 0 saturated heterocycles. The molecule has 0 aliphatic carbocycles. The van der Waals surface area contributed by atoms with Gasteiger partial charge in [-0.1, -0.05) is 104 Å². The summed E-state index contributed by atoms with van der Waals surface area (Å²) in [4.78, 5) is 23.3. The quantitative estimate of drug-likeness (QED) is 0.181. The molecule has 2 N–H and O–H groups in total. The summed E-state index contributed by atoms with van der Waals surface area (Å²) in [6.45, 7) is 4.31. The normalized spacial score (nSPS) is 11.2. The van der Waals surface area contributed by atoms with E-state index in [1.165, 1.54) is 44.9 Å². The number of carboxylic acid groups (broad SMARTS) is 2. The van der Waals surface area contributed by atoms with Gasteiger partial charge in [0.15, 0.2) is 5.41 Å². The Labute approximate surface area is 190 Å². The zero-order valence-corrected chi connectivity index (χ0v) is 16.5. The molecule has 26 heavy (non-hydrogen) atoms. The van der Waals surface area contributed by atoms with Gasteiger partial charge in [0.25, 0.3) is 0 Å². The Hall–Kier alpha value is 0.200. The molecule has 0 atom stereocenters. The molecule has 5 heteroatoms. The number of unbranched alkanes of at least 4 members (excludes halogenated alkanes) is 12. The zero-order valence-electron chi connectivity index (χ0n) is 16.5. The van der Waals surface area contributed by atoms with E-state index in [1.54, 1.807) is 0 Å². The summed E-state index contributed by atoms with van der Waals surface area (Å²) in [5.41, 5.74) is -1.58. The van der Waals surface area contributed by atoms with Crippen LogP contribution in [0.5, 0.6) is 0 Å². The summed E-state index contributed by atoms with van der Waals surface area (Å²) in [7, 11) is 0. The first-order valence-electron chi connectivity index (χ1n) is 10.5. The standard InChI is InChI=1S/C21H40O4.Ca.2H/c1-3-5-7-9-10-11-12-13-14-16-18-21(19(22)23,20(24)25)17-15-8-6-4-2;;;/h3-18H2,1-2H3,(H,22,23)(H,24,25);;;. The molecule has 0 aliphatic rings. The van der Waals surface area contributed by atoms with Crippen molar-refractivity contribution in [3.8, 4) is 0 Å². The third kappa shape index (κ3) is 12.6.